The van der Waals surface area contributed by atoms with Gasteiger partial charge in [0.25, 0.3) is 5.91 Å². The van der Waals surface area contributed by atoms with Crippen molar-refractivity contribution >= 4 is 23.6 Å². The van der Waals surface area contributed by atoms with Gasteiger partial charge in [-0.25, -0.2) is 4.79 Å². The van der Waals surface area contributed by atoms with E-state index in [0.29, 0.717) is 22.8 Å². The molecule has 0 unspecified atom stereocenters. The van der Waals surface area contributed by atoms with Gasteiger partial charge in [0.05, 0.1) is 18.3 Å². The van der Waals surface area contributed by atoms with Crippen LogP contribution in [0.1, 0.15) is 64.2 Å². The fourth-order valence-corrected chi connectivity index (χ4v) is 3.75. The van der Waals surface area contributed by atoms with Gasteiger partial charge < -0.3 is 4.74 Å². The molecule has 1 aliphatic rings. The maximum absolute atomic E-state index is 13.4. The van der Waals surface area contributed by atoms with E-state index in [0.717, 1.165) is 11.3 Å². The molecule has 4 heteroatoms. The second-order valence-electron chi connectivity index (χ2n) is 9.27. The molecule has 0 radical (unpaired) electrons. The van der Waals surface area contributed by atoms with Gasteiger partial charge >= 0.3 is 5.97 Å². The summed E-state index contributed by atoms with van der Waals surface area (Å²) in [5.41, 5.74) is 5.27. The number of carbonyl (C=O) groups is 2. The summed E-state index contributed by atoms with van der Waals surface area (Å²) in [7, 11) is 1.34. The first-order chi connectivity index (χ1) is 14.5. The molecule has 0 aromatic heterocycles. The van der Waals surface area contributed by atoms with Gasteiger partial charge in [-0.15, -0.1) is 0 Å². The molecule has 0 atom stereocenters. The Bertz CT molecular complexity index is 1050. The topological polar surface area (TPSA) is 46.6 Å². The summed E-state index contributed by atoms with van der Waals surface area (Å²) >= 11 is 0. The zero-order valence-electron chi connectivity index (χ0n) is 19.4. The lowest BCUT2D eigenvalue weighted by Gasteiger charge is -2.19. The van der Waals surface area contributed by atoms with Crippen LogP contribution in [0.5, 0.6) is 0 Å². The number of amides is 1. The van der Waals surface area contributed by atoms with Crippen molar-refractivity contribution in [2.45, 2.75) is 52.9 Å². The smallest absolute Gasteiger partial charge is 0.340 e. The van der Waals surface area contributed by atoms with Gasteiger partial charge in [0.2, 0.25) is 0 Å². The molecule has 0 bridgehead atoms. The van der Waals surface area contributed by atoms with E-state index < -0.39 is 5.97 Å². The number of hydrogen-bond acceptors (Lipinski definition) is 3. The third-order valence-corrected chi connectivity index (χ3v) is 5.70. The van der Waals surface area contributed by atoms with Crippen LogP contribution in [0.2, 0.25) is 0 Å². The van der Waals surface area contributed by atoms with Crippen LogP contribution >= 0.6 is 0 Å². The summed E-state index contributed by atoms with van der Waals surface area (Å²) in [4.78, 5) is 27.6. The average molecular weight is 418 g/mol. The molecule has 2 aromatic rings. The highest BCUT2D eigenvalue weighted by atomic mass is 16.5. The van der Waals surface area contributed by atoms with E-state index in [4.69, 9.17) is 4.74 Å². The van der Waals surface area contributed by atoms with Crippen LogP contribution in [0.25, 0.3) is 6.08 Å². The van der Waals surface area contributed by atoms with Gasteiger partial charge in [0.15, 0.2) is 0 Å². The summed E-state index contributed by atoms with van der Waals surface area (Å²) in [5.74, 6) is -0.336. The monoisotopic (exact) mass is 417 g/mol. The fraction of sp³-hybridized carbons (Fsp3) is 0.333. The van der Waals surface area contributed by atoms with Gasteiger partial charge in [0, 0.05) is 11.4 Å². The lowest BCUT2D eigenvalue weighted by atomic mass is 9.86. The summed E-state index contributed by atoms with van der Waals surface area (Å²) in [6, 6.07) is 16.0. The number of allylic oxidation sites excluding steroid dienone is 1. The quantitative estimate of drug-likeness (QED) is 0.454. The predicted molar refractivity (Wildman–Crippen MR) is 126 cm³/mol. The van der Waals surface area contributed by atoms with Gasteiger partial charge in [0.1, 0.15) is 0 Å². The highest BCUT2D eigenvalue weighted by Crippen LogP contribution is 2.36. The molecule has 0 saturated heterocycles. The molecular weight excluding hydrogens is 386 g/mol. The zero-order valence-corrected chi connectivity index (χ0v) is 19.4. The Kier molecular flexibility index (Phi) is 6.21. The number of carbonyl (C=O) groups excluding carboxylic acids is 2. The highest BCUT2D eigenvalue weighted by molar-refractivity contribution is 6.23. The Morgan fingerprint density at radius 1 is 1.00 bits per heavy atom. The molecule has 4 nitrogen and oxygen atoms in total. The van der Waals surface area contributed by atoms with E-state index in [2.05, 4.69) is 46.8 Å². The maximum Gasteiger partial charge on any atom is 0.340 e. The average Bonchev–Trinajstić information content (AvgIpc) is 2.97. The van der Waals surface area contributed by atoms with Gasteiger partial charge in [-0.05, 0) is 53.2 Å². The summed E-state index contributed by atoms with van der Waals surface area (Å²) in [5, 5.41) is 0. The molecule has 0 saturated carbocycles. The molecule has 1 aliphatic heterocycles. The van der Waals surface area contributed by atoms with Crippen molar-refractivity contribution in [2.75, 3.05) is 12.0 Å². The standard InChI is InChI=1S/C27H31NO3/c1-17(2)20-10-14-22(15-11-20)28-18(3)24(26(30)31-7)23(25(28)29)16-19-8-12-21(13-9-19)27(4,5)6/h8-17H,1-7H3/b23-16-. The van der Waals surface area contributed by atoms with Crippen LogP contribution in [-0.4, -0.2) is 19.0 Å². The highest BCUT2D eigenvalue weighted by Gasteiger charge is 2.37. The minimum absolute atomic E-state index is 0.0431. The van der Waals surface area contributed by atoms with E-state index in [9.17, 15) is 9.59 Å². The Hall–Kier alpha value is -3.14. The molecule has 2 aromatic carbocycles. The molecule has 31 heavy (non-hydrogen) atoms. The van der Waals surface area contributed by atoms with Gasteiger partial charge in [-0.2, -0.15) is 0 Å². The Morgan fingerprint density at radius 3 is 2.06 bits per heavy atom. The van der Waals surface area contributed by atoms with E-state index in [1.165, 1.54) is 18.2 Å². The third-order valence-electron chi connectivity index (χ3n) is 5.70. The second-order valence-corrected chi connectivity index (χ2v) is 9.27. The summed E-state index contributed by atoms with van der Waals surface area (Å²) < 4.78 is 5.00. The number of nitrogens with zero attached hydrogens (tertiary/aromatic N) is 1. The zero-order chi connectivity index (χ0) is 22.9. The lowest BCUT2D eigenvalue weighted by molar-refractivity contribution is -0.136. The van der Waals surface area contributed by atoms with E-state index >= 15 is 0 Å². The first-order valence-corrected chi connectivity index (χ1v) is 10.6. The molecule has 1 heterocycles. The molecule has 0 aliphatic carbocycles. The third kappa shape index (κ3) is 4.48. The van der Waals surface area contributed by atoms with Crippen LogP contribution in [0, 0.1) is 0 Å². The van der Waals surface area contributed by atoms with Crippen molar-refractivity contribution in [3.05, 3.63) is 82.1 Å². The van der Waals surface area contributed by atoms with E-state index in [-0.39, 0.29) is 11.3 Å². The summed E-state index contributed by atoms with van der Waals surface area (Å²) in [6.45, 7) is 12.5. The molecular formula is C27H31NO3. The number of rotatable bonds is 4. The first kappa shape index (κ1) is 22.5. The molecule has 3 rings (SSSR count). The molecule has 1 amide bonds. The van der Waals surface area contributed by atoms with Crippen LogP contribution in [0.15, 0.2) is 65.4 Å². The van der Waals surface area contributed by atoms with Crippen LogP contribution in [0.3, 0.4) is 0 Å². The Labute approximate surface area is 185 Å². The largest absolute Gasteiger partial charge is 0.465 e. The Balaban J connectivity index is 2.05. The van der Waals surface area contributed by atoms with Crippen LogP contribution in [0.4, 0.5) is 5.69 Å². The number of hydrogen-bond donors (Lipinski definition) is 0. The number of methoxy groups -OCH3 is 1. The second kappa shape index (κ2) is 8.54. The van der Waals surface area contributed by atoms with Crippen LogP contribution < -0.4 is 4.90 Å². The Morgan fingerprint density at radius 2 is 1.58 bits per heavy atom. The number of ether oxygens (including phenoxy) is 1. The molecule has 0 spiro atoms. The molecule has 0 fully saturated rings. The van der Waals surface area contributed by atoms with Crippen molar-refractivity contribution in [2.24, 2.45) is 0 Å². The number of benzene rings is 2. The van der Waals surface area contributed by atoms with Crippen LogP contribution in [-0.2, 0) is 19.7 Å². The van der Waals surface area contributed by atoms with Crippen molar-refractivity contribution in [3.63, 3.8) is 0 Å². The number of anilines is 1. The predicted octanol–water partition coefficient (Wildman–Crippen LogP) is 5.98. The van der Waals surface area contributed by atoms with E-state index in [1.54, 1.807) is 17.9 Å². The van der Waals surface area contributed by atoms with Gasteiger partial charge in [-0.3, -0.25) is 9.69 Å². The van der Waals surface area contributed by atoms with Crippen molar-refractivity contribution in [3.8, 4) is 0 Å². The maximum atomic E-state index is 13.4. The minimum atomic E-state index is -0.510. The number of esters is 1. The SMILES string of the molecule is COC(=O)C1=C(C)N(c2ccc(C(C)C)cc2)C(=O)/C1=C\c1ccc(C(C)(C)C)cc1. The molecule has 162 valence electrons. The minimum Gasteiger partial charge on any atom is -0.465 e. The van der Waals surface area contributed by atoms with E-state index in [1.807, 2.05) is 36.4 Å². The van der Waals surface area contributed by atoms with Crippen molar-refractivity contribution in [1.29, 1.82) is 0 Å². The fourth-order valence-electron chi connectivity index (χ4n) is 3.75. The first-order valence-electron chi connectivity index (χ1n) is 10.6. The van der Waals surface area contributed by atoms with Crippen molar-refractivity contribution in [1.82, 2.24) is 0 Å². The normalized spacial score (nSPS) is 15.9. The summed E-state index contributed by atoms with van der Waals surface area (Å²) in [6.07, 6.45) is 1.77. The lowest BCUT2D eigenvalue weighted by Crippen LogP contribution is -2.24. The van der Waals surface area contributed by atoms with Gasteiger partial charge in [-0.1, -0.05) is 71.0 Å². The molecule has 0 N–H and O–H groups in total. The van der Waals surface area contributed by atoms with Crippen molar-refractivity contribution < 1.29 is 14.3 Å².